The lowest BCUT2D eigenvalue weighted by molar-refractivity contribution is 0.0535. The molecular weight excluding hydrogens is 418 g/mol. The predicted octanol–water partition coefficient (Wildman–Crippen LogP) is 2.83. The van der Waals surface area contributed by atoms with Crippen molar-refractivity contribution in [3.8, 4) is 11.8 Å². The summed E-state index contributed by atoms with van der Waals surface area (Å²) >= 11 is 0. The maximum atomic E-state index is 11.8. The van der Waals surface area contributed by atoms with Crippen molar-refractivity contribution >= 4 is 5.97 Å². The van der Waals surface area contributed by atoms with E-state index in [1.807, 2.05) is 31.2 Å². The molecule has 0 aromatic heterocycles. The van der Waals surface area contributed by atoms with E-state index in [0.717, 1.165) is 54.9 Å². The van der Waals surface area contributed by atoms with Crippen LogP contribution in [0.2, 0.25) is 0 Å². The summed E-state index contributed by atoms with van der Waals surface area (Å²) in [6.07, 6.45) is 0.292. The van der Waals surface area contributed by atoms with Gasteiger partial charge in [0.1, 0.15) is 18.4 Å². The highest BCUT2D eigenvalue weighted by Crippen LogP contribution is 2.29. The summed E-state index contributed by atoms with van der Waals surface area (Å²) in [6.45, 7) is 8.71. The molecule has 0 radical (unpaired) electrons. The Morgan fingerprint density at radius 1 is 1.21 bits per heavy atom. The van der Waals surface area contributed by atoms with Crippen LogP contribution < -0.4 is 4.74 Å². The third-order valence-electron chi connectivity index (χ3n) is 6.95. The number of aliphatic hydroxyl groups is 1. The Bertz CT molecular complexity index is 1070. The number of nitriles is 1. The van der Waals surface area contributed by atoms with E-state index in [1.165, 1.54) is 0 Å². The van der Waals surface area contributed by atoms with Crippen molar-refractivity contribution in [1.82, 2.24) is 9.80 Å². The van der Waals surface area contributed by atoms with Crippen molar-refractivity contribution in [3.05, 3.63) is 63.7 Å². The zero-order valence-electron chi connectivity index (χ0n) is 19.5. The minimum atomic E-state index is -0.596. The molecule has 2 aromatic rings. The molecule has 4 rings (SSSR count). The summed E-state index contributed by atoms with van der Waals surface area (Å²) in [7, 11) is 1.59. The standard InChI is InChI=1S/C26H31N3O4/c1-17(12-19-4-5-20(14-27)25(13-19)32-3)29-10-8-28(9-11-29)15-24(30)21-6-7-22-23(18(21)2)16-33-26(22)31/h4-7,13,17,24,30H,8-12,15-16H2,1-3H3. The van der Waals surface area contributed by atoms with Crippen LogP contribution in [0.25, 0.3) is 0 Å². The van der Waals surface area contributed by atoms with Crippen LogP contribution in [0.3, 0.4) is 0 Å². The maximum Gasteiger partial charge on any atom is 0.338 e. The third-order valence-corrected chi connectivity index (χ3v) is 6.95. The summed E-state index contributed by atoms with van der Waals surface area (Å²) in [5.74, 6) is 0.345. The van der Waals surface area contributed by atoms with E-state index in [0.29, 0.717) is 36.1 Å². The average molecular weight is 450 g/mol. The van der Waals surface area contributed by atoms with Crippen LogP contribution in [0.1, 0.15) is 51.2 Å². The van der Waals surface area contributed by atoms with Crippen LogP contribution in [0.15, 0.2) is 30.3 Å². The molecule has 7 heteroatoms. The molecule has 1 fully saturated rings. The number of esters is 1. The van der Waals surface area contributed by atoms with Gasteiger partial charge in [-0.2, -0.15) is 5.26 Å². The van der Waals surface area contributed by atoms with Crippen LogP contribution in [-0.4, -0.2) is 66.8 Å². The molecule has 2 aliphatic heterocycles. The van der Waals surface area contributed by atoms with Gasteiger partial charge in [0, 0.05) is 44.3 Å². The van der Waals surface area contributed by atoms with Crippen LogP contribution in [0.4, 0.5) is 0 Å². The average Bonchev–Trinajstić information content (AvgIpc) is 3.21. The van der Waals surface area contributed by atoms with Crippen LogP contribution >= 0.6 is 0 Å². The fourth-order valence-electron chi connectivity index (χ4n) is 4.88. The molecule has 0 bridgehead atoms. The maximum absolute atomic E-state index is 11.8. The number of fused-ring (bicyclic) bond motifs is 1. The predicted molar refractivity (Wildman–Crippen MR) is 124 cm³/mol. The molecule has 0 aliphatic carbocycles. The number of benzene rings is 2. The van der Waals surface area contributed by atoms with Crippen molar-refractivity contribution in [2.45, 2.75) is 39.0 Å². The Morgan fingerprint density at radius 2 is 1.97 bits per heavy atom. The van der Waals surface area contributed by atoms with Crippen molar-refractivity contribution in [3.63, 3.8) is 0 Å². The molecule has 2 aliphatic rings. The van der Waals surface area contributed by atoms with Gasteiger partial charge in [0.15, 0.2) is 0 Å². The highest BCUT2D eigenvalue weighted by Gasteiger charge is 2.27. The topological polar surface area (TPSA) is 86.0 Å². The lowest BCUT2D eigenvalue weighted by Gasteiger charge is -2.39. The summed E-state index contributed by atoms with van der Waals surface area (Å²) in [5, 5.41) is 20.1. The number of nitrogens with zero attached hydrogens (tertiary/aromatic N) is 3. The van der Waals surface area contributed by atoms with Crippen molar-refractivity contribution < 1.29 is 19.4 Å². The van der Waals surface area contributed by atoms with E-state index < -0.39 is 6.10 Å². The molecule has 2 unspecified atom stereocenters. The Kier molecular flexibility index (Phi) is 6.99. The molecule has 0 spiro atoms. The molecule has 2 heterocycles. The number of β-amino-alcohol motifs (C(OH)–C–C–N with tert-alkyl or cyclic N) is 1. The Balaban J connectivity index is 1.31. The third kappa shape index (κ3) is 4.88. The number of piperazine rings is 1. The minimum absolute atomic E-state index is 0.279. The second-order valence-electron chi connectivity index (χ2n) is 8.93. The van der Waals surface area contributed by atoms with Crippen LogP contribution in [0.5, 0.6) is 5.75 Å². The van der Waals surface area contributed by atoms with E-state index >= 15 is 0 Å². The molecule has 1 N–H and O–H groups in total. The molecule has 7 nitrogen and oxygen atoms in total. The van der Waals surface area contributed by atoms with Crippen molar-refractivity contribution in [1.29, 1.82) is 5.26 Å². The van der Waals surface area contributed by atoms with Gasteiger partial charge in [-0.15, -0.1) is 0 Å². The van der Waals surface area contributed by atoms with Crippen LogP contribution in [0, 0.1) is 18.3 Å². The smallest absolute Gasteiger partial charge is 0.338 e. The van der Waals surface area contributed by atoms with Crippen molar-refractivity contribution in [2.24, 2.45) is 0 Å². The SMILES string of the molecule is COc1cc(CC(C)N2CCN(CC(O)c3ccc4c(c3C)COC4=O)CC2)ccc1C#N. The normalized spacial score (nSPS) is 18.3. The highest BCUT2D eigenvalue weighted by atomic mass is 16.5. The molecular formula is C26H31N3O4. The first-order valence-electron chi connectivity index (χ1n) is 11.4. The number of aliphatic hydroxyl groups excluding tert-OH is 1. The molecule has 0 saturated carbocycles. The summed E-state index contributed by atoms with van der Waals surface area (Å²) in [4.78, 5) is 16.5. The van der Waals surface area contributed by atoms with E-state index in [9.17, 15) is 15.2 Å². The lowest BCUT2D eigenvalue weighted by Crippen LogP contribution is -2.50. The second kappa shape index (κ2) is 9.92. The van der Waals surface area contributed by atoms with Gasteiger partial charge >= 0.3 is 5.97 Å². The first-order chi connectivity index (χ1) is 15.9. The number of ether oxygens (including phenoxy) is 2. The van der Waals surface area contributed by atoms with E-state index in [-0.39, 0.29) is 5.97 Å². The second-order valence-corrected chi connectivity index (χ2v) is 8.93. The fourth-order valence-corrected chi connectivity index (χ4v) is 4.88. The highest BCUT2D eigenvalue weighted by molar-refractivity contribution is 5.93. The summed E-state index contributed by atoms with van der Waals surface area (Å²) in [6, 6.07) is 11.9. The monoisotopic (exact) mass is 449 g/mol. The number of carbonyl (C=O) groups is 1. The Morgan fingerprint density at radius 3 is 2.67 bits per heavy atom. The number of carbonyl (C=O) groups excluding carboxylic acids is 1. The van der Waals surface area contributed by atoms with Gasteiger partial charge in [-0.1, -0.05) is 12.1 Å². The fraction of sp³-hybridized carbons (Fsp3) is 0.462. The molecule has 174 valence electrons. The summed E-state index contributed by atoms with van der Waals surface area (Å²) < 4.78 is 10.5. The lowest BCUT2D eigenvalue weighted by atomic mass is 9.95. The number of rotatable bonds is 7. The largest absolute Gasteiger partial charge is 0.495 e. The van der Waals surface area contributed by atoms with Gasteiger partial charge in [0.25, 0.3) is 0 Å². The van der Waals surface area contributed by atoms with E-state index in [1.54, 1.807) is 13.2 Å². The van der Waals surface area contributed by atoms with Gasteiger partial charge in [-0.25, -0.2) is 4.79 Å². The van der Waals surface area contributed by atoms with E-state index in [2.05, 4.69) is 22.8 Å². The molecule has 2 aromatic carbocycles. The van der Waals surface area contributed by atoms with Gasteiger partial charge in [0.05, 0.1) is 24.3 Å². The zero-order valence-corrected chi connectivity index (χ0v) is 19.5. The Labute approximate surface area is 195 Å². The van der Waals surface area contributed by atoms with Crippen LogP contribution in [-0.2, 0) is 17.8 Å². The molecule has 0 amide bonds. The summed E-state index contributed by atoms with van der Waals surface area (Å²) in [5.41, 5.74) is 5.05. The number of cyclic esters (lactones) is 1. The van der Waals surface area contributed by atoms with Gasteiger partial charge < -0.3 is 14.6 Å². The quantitative estimate of drug-likeness (QED) is 0.651. The van der Waals surface area contributed by atoms with Gasteiger partial charge in [0.2, 0.25) is 0 Å². The van der Waals surface area contributed by atoms with Gasteiger partial charge in [-0.05, 0) is 55.2 Å². The first-order valence-corrected chi connectivity index (χ1v) is 11.4. The Hall–Kier alpha value is -2.92. The zero-order chi connectivity index (χ0) is 23.5. The first kappa shape index (κ1) is 23.2. The number of hydrogen-bond donors (Lipinski definition) is 1. The molecule has 2 atom stereocenters. The van der Waals surface area contributed by atoms with Crippen molar-refractivity contribution in [2.75, 3.05) is 39.8 Å². The molecule has 33 heavy (non-hydrogen) atoms. The molecule has 1 saturated heterocycles. The number of methoxy groups -OCH3 is 1. The van der Waals surface area contributed by atoms with Gasteiger partial charge in [-0.3, -0.25) is 9.80 Å². The van der Waals surface area contributed by atoms with E-state index in [4.69, 9.17) is 9.47 Å². The minimum Gasteiger partial charge on any atom is -0.495 e. The number of hydrogen-bond acceptors (Lipinski definition) is 7.